The van der Waals surface area contributed by atoms with Gasteiger partial charge < -0.3 is 14.4 Å². The van der Waals surface area contributed by atoms with Crippen molar-refractivity contribution in [1.82, 2.24) is 9.55 Å². The first kappa shape index (κ1) is 23.0. The number of alkyl halides is 3. The minimum atomic E-state index is -4.38. The Balaban J connectivity index is 1.52. The second-order valence-electron chi connectivity index (χ2n) is 7.75. The van der Waals surface area contributed by atoms with Crippen LogP contribution in [0.5, 0.6) is 11.6 Å². The molecule has 4 aromatic rings. The van der Waals surface area contributed by atoms with Crippen molar-refractivity contribution in [3.8, 4) is 11.6 Å². The average Bonchev–Trinajstić information content (AvgIpc) is 3.04. The van der Waals surface area contributed by atoms with Crippen LogP contribution in [-0.2, 0) is 13.2 Å². The molecule has 2 aromatic carbocycles. The number of aryl methyl sites for hydroxylation is 2. The van der Waals surface area contributed by atoms with Crippen LogP contribution in [-0.4, -0.2) is 26.3 Å². The fourth-order valence-electron chi connectivity index (χ4n) is 3.75. The topological polar surface area (TPSA) is 76.7 Å². The number of aromatic nitrogens is 2. The lowest BCUT2D eigenvalue weighted by Gasteiger charge is -2.08. The fraction of sp³-hybridized carbons (Fsp3) is 0.160. The van der Waals surface area contributed by atoms with Gasteiger partial charge in [0, 0.05) is 30.3 Å². The van der Waals surface area contributed by atoms with E-state index >= 15 is 0 Å². The van der Waals surface area contributed by atoms with Crippen molar-refractivity contribution in [3.05, 3.63) is 83.2 Å². The summed E-state index contributed by atoms with van der Waals surface area (Å²) in [6.07, 6.45) is -2.89. The van der Waals surface area contributed by atoms with Gasteiger partial charge in [-0.1, -0.05) is 12.1 Å². The highest BCUT2D eigenvalue weighted by Gasteiger charge is 2.30. The molecule has 0 aliphatic heterocycles. The third kappa shape index (κ3) is 4.50. The van der Waals surface area contributed by atoms with Gasteiger partial charge in [-0.25, -0.2) is 9.78 Å². The Morgan fingerprint density at radius 1 is 1.09 bits per heavy atom. The summed E-state index contributed by atoms with van der Waals surface area (Å²) in [5.41, 5.74) is 2.54. The standard InChI is InChI=1S/C25H20F3N3O3/c1-14-20-10-9-19(12-21(20)31(3)23(14)24(32)33)34-22-11-8-18(13-29-22)30-15(2)16-4-6-17(7-5-16)25(26,27)28/h4-13H,1-3H3,(H,32,33). The van der Waals surface area contributed by atoms with Crippen LogP contribution in [0, 0.1) is 6.92 Å². The van der Waals surface area contributed by atoms with E-state index in [1.54, 1.807) is 55.8 Å². The molecule has 0 amide bonds. The van der Waals surface area contributed by atoms with Crippen molar-refractivity contribution < 1.29 is 27.8 Å². The predicted molar refractivity (Wildman–Crippen MR) is 122 cm³/mol. The van der Waals surface area contributed by atoms with Crippen molar-refractivity contribution in [3.63, 3.8) is 0 Å². The highest BCUT2D eigenvalue weighted by Crippen LogP contribution is 2.31. The molecule has 1 N–H and O–H groups in total. The number of pyridine rings is 1. The number of carboxylic acid groups (broad SMARTS) is 1. The lowest BCUT2D eigenvalue weighted by atomic mass is 10.1. The zero-order valence-corrected chi connectivity index (χ0v) is 18.5. The molecule has 4 rings (SSSR count). The molecule has 0 spiro atoms. The molecule has 0 unspecified atom stereocenters. The lowest BCUT2D eigenvalue weighted by molar-refractivity contribution is -0.137. The van der Waals surface area contributed by atoms with Gasteiger partial charge in [-0.3, -0.25) is 4.99 Å². The third-order valence-electron chi connectivity index (χ3n) is 5.50. The lowest BCUT2D eigenvalue weighted by Crippen LogP contribution is -2.05. The molecule has 0 radical (unpaired) electrons. The largest absolute Gasteiger partial charge is 0.477 e. The second kappa shape index (κ2) is 8.66. The van der Waals surface area contributed by atoms with Crippen LogP contribution >= 0.6 is 0 Å². The van der Waals surface area contributed by atoms with Gasteiger partial charge in [-0.15, -0.1) is 0 Å². The van der Waals surface area contributed by atoms with Crippen LogP contribution in [0.1, 0.15) is 34.1 Å². The number of fused-ring (bicyclic) bond motifs is 1. The number of rotatable bonds is 5. The highest BCUT2D eigenvalue weighted by atomic mass is 19.4. The van der Waals surface area contributed by atoms with Gasteiger partial charge in [0.15, 0.2) is 0 Å². The zero-order valence-electron chi connectivity index (χ0n) is 18.5. The van der Waals surface area contributed by atoms with Crippen molar-refractivity contribution >= 4 is 28.3 Å². The van der Waals surface area contributed by atoms with Crippen molar-refractivity contribution in [2.75, 3.05) is 0 Å². The van der Waals surface area contributed by atoms with E-state index in [0.717, 1.165) is 23.0 Å². The molecule has 2 heterocycles. The Bertz CT molecular complexity index is 1400. The molecule has 174 valence electrons. The van der Waals surface area contributed by atoms with Gasteiger partial charge in [0.05, 0.1) is 23.0 Å². The maximum atomic E-state index is 12.7. The summed E-state index contributed by atoms with van der Waals surface area (Å²) in [5, 5.41) is 10.3. The predicted octanol–water partition coefficient (Wildman–Crippen LogP) is 6.53. The summed E-state index contributed by atoms with van der Waals surface area (Å²) < 4.78 is 45.6. The quantitative estimate of drug-likeness (QED) is 0.339. The Morgan fingerprint density at radius 2 is 1.79 bits per heavy atom. The summed E-state index contributed by atoms with van der Waals surface area (Å²) in [6, 6.07) is 13.4. The van der Waals surface area contributed by atoms with E-state index in [1.807, 2.05) is 0 Å². The van der Waals surface area contributed by atoms with E-state index in [0.29, 0.717) is 34.2 Å². The van der Waals surface area contributed by atoms with Gasteiger partial charge in [-0.05, 0) is 55.3 Å². The van der Waals surface area contributed by atoms with Crippen molar-refractivity contribution in [2.24, 2.45) is 12.0 Å². The number of aromatic carboxylic acids is 1. The van der Waals surface area contributed by atoms with Crippen LogP contribution in [0.2, 0.25) is 0 Å². The Kier molecular flexibility index (Phi) is 5.87. The molecular weight excluding hydrogens is 447 g/mol. The van der Waals surface area contributed by atoms with Gasteiger partial charge in [0.1, 0.15) is 11.4 Å². The van der Waals surface area contributed by atoms with Crippen LogP contribution < -0.4 is 4.74 Å². The maximum Gasteiger partial charge on any atom is 0.416 e. The minimum absolute atomic E-state index is 0.218. The molecule has 34 heavy (non-hydrogen) atoms. The summed E-state index contributed by atoms with van der Waals surface area (Å²) >= 11 is 0. The number of carbonyl (C=O) groups is 1. The minimum Gasteiger partial charge on any atom is -0.477 e. The molecule has 6 nitrogen and oxygen atoms in total. The van der Waals surface area contributed by atoms with E-state index in [4.69, 9.17) is 4.74 Å². The molecular formula is C25H20F3N3O3. The number of aliphatic imine (C=N–C) groups is 1. The first-order chi connectivity index (χ1) is 16.0. The van der Waals surface area contributed by atoms with Gasteiger partial charge >= 0.3 is 12.1 Å². The van der Waals surface area contributed by atoms with Gasteiger partial charge in [0.2, 0.25) is 5.88 Å². The SMILES string of the molecule is CC(=Nc1ccc(Oc2ccc3c(C)c(C(=O)O)n(C)c3c2)nc1)c1ccc(C(F)(F)F)cc1. The van der Waals surface area contributed by atoms with Crippen LogP contribution in [0.4, 0.5) is 18.9 Å². The number of halogens is 3. The Labute approximate surface area is 193 Å². The summed E-state index contributed by atoms with van der Waals surface area (Å²) in [6.45, 7) is 3.47. The highest BCUT2D eigenvalue weighted by molar-refractivity contribution is 6.00. The molecule has 9 heteroatoms. The number of benzene rings is 2. The molecule has 0 saturated heterocycles. The summed E-state index contributed by atoms with van der Waals surface area (Å²) in [4.78, 5) is 20.2. The Hall–Kier alpha value is -4.14. The molecule has 0 saturated carbocycles. The molecule has 0 atom stereocenters. The van der Waals surface area contributed by atoms with E-state index in [2.05, 4.69) is 9.98 Å². The van der Waals surface area contributed by atoms with Gasteiger partial charge in [-0.2, -0.15) is 13.2 Å². The van der Waals surface area contributed by atoms with E-state index in [1.165, 1.54) is 18.3 Å². The number of hydrogen-bond acceptors (Lipinski definition) is 4. The number of hydrogen-bond donors (Lipinski definition) is 1. The normalized spacial score (nSPS) is 12.2. The number of ether oxygens (including phenoxy) is 1. The Morgan fingerprint density at radius 3 is 2.38 bits per heavy atom. The molecule has 0 aliphatic carbocycles. The molecule has 0 fully saturated rings. The number of nitrogens with zero attached hydrogens (tertiary/aromatic N) is 3. The van der Waals surface area contributed by atoms with Crippen LogP contribution in [0.15, 0.2) is 65.8 Å². The monoisotopic (exact) mass is 467 g/mol. The first-order valence-corrected chi connectivity index (χ1v) is 10.2. The van der Waals surface area contributed by atoms with Gasteiger partial charge in [0.25, 0.3) is 0 Å². The van der Waals surface area contributed by atoms with Crippen LogP contribution in [0.25, 0.3) is 10.9 Å². The smallest absolute Gasteiger partial charge is 0.416 e. The van der Waals surface area contributed by atoms with Crippen molar-refractivity contribution in [2.45, 2.75) is 20.0 Å². The first-order valence-electron chi connectivity index (χ1n) is 10.2. The molecule has 0 bridgehead atoms. The van der Waals surface area contributed by atoms with E-state index in [9.17, 15) is 23.1 Å². The van der Waals surface area contributed by atoms with Crippen molar-refractivity contribution in [1.29, 1.82) is 0 Å². The summed E-state index contributed by atoms with van der Waals surface area (Å²) in [7, 11) is 1.69. The summed E-state index contributed by atoms with van der Waals surface area (Å²) in [5.74, 6) is -0.187. The van der Waals surface area contributed by atoms with E-state index in [-0.39, 0.29) is 5.69 Å². The van der Waals surface area contributed by atoms with Crippen LogP contribution in [0.3, 0.4) is 0 Å². The maximum absolute atomic E-state index is 12.7. The second-order valence-corrected chi connectivity index (χ2v) is 7.75. The molecule has 0 aliphatic rings. The zero-order chi connectivity index (χ0) is 24.6. The molecule has 2 aromatic heterocycles. The fourth-order valence-corrected chi connectivity index (χ4v) is 3.75. The van der Waals surface area contributed by atoms with E-state index < -0.39 is 17.7 Å². The average molecular weight is 467 g/mol. The third-order valence-corrected chi connectivity index (χ3v) is 5.50. The number of carboxylic acids is 1.